The number of anilines is 1. The average molecular weight is 442 g/mol. The zero-order valence-electron chi connectivity index (χ0n) is 16.4. The maximum absolute atomic E-state index is 12.8. The fraction of sp³-hybridized carbons (Fsp3) is 0.611. The lowest BCUT2D eigenvalue weighted by atomic mass is 9.97. The smallest absolute Gasteiger partial charge is 0.379 e. The number of benzene rings is 1. The van der Waals surface area contributed by atoms with Gasteiger partial charge in [0, 0.05) is 44.2 Å². The van der Waals surface area contributed by atoms with Crippen molar-refractivity contribution in [3.8, 4) is 0 Å². The van der Waals surface area contributed by atoms with Crippen molar-refractivity contribution in [2.24, 2.45) is 11.1 Å². The number of morpholine rings is 1. The van der Waals surface area contributed by atoms with Gasteiger partial charge in [0.25, 0.3) is 0 Å². The van der Waals surface area contributed by atoms with Gasteiger partial charge < -0.3 is 24.9 Å². The molecule has 31 heavy (non-hydrogen) atoms. The number of aliphatic hydroxyl groups is 1. The molecule has 4 heterocycles. The quantitative estimate of drug-likeness (QED) is 0.685. The SMILES string of the molecule is OC(C1NC(c2cc(N3CC(CN4CCOCC4)C3)c3nonc3c2)=NO1)C(F)(F)F. The number of amidine groups is 1. The molecule has 1 aromatic heterocycles. The Balaban J connectivity index is 1.30. The number of fused-ring (bicyclic) bond motifs is 1. The molecule has 2 aromatic rings. The number of halogens is 3. The van der Waals surface area contributed by atoms with Crippen LogP contribution in [0.15, 0.2) is 21.9 Å². The van der Waals surface area contributed by atoms with E-state index in [1.165, 1.54) is 0 Å². The largest absolute Gasteiger partial charge is 0.420 e. The Bertz CT molecular complexity index is 971. The van der Waals surface area contributed by atoms with Crippen LogP contribution in [0, 0.1) is 5.92 Å². The van der Waals surface area contributed by atoms with Crippen LogP contribution in [-0.4, -0.2) is 90.6 Å². The molecule has 168 valence electrons. The Morgan fingerprint density at radius 1 is 1.19 bits per heavy atom. The van der Waals surface area contributed by atoms with Gasteiger partial charge in [-0.05, 0) is 22.4 Å². The second-order valence-corrected chi connectivity index (χ2v) is 7.91. The van der Waals surface area contributed by atoms with Gasteiger partial charge in [0.05, 0.1) is 18.9 Å². The van der Waals surface area contributed by atoms with Crippen LogP contribution >= 0.6 is 0 Å². The number of rotatable bonds is 5. The molecule has 2 fully saturated rings. The first kappa shape index (κ1) is 20.3. The van der Waals surface area contributed by atoms with E-state index >= 15 is 0 Å². The molecule has 2 N–H and O–H groups in total. The Hall–Kier alpha value is -2.64. The van der Waals surface area contributed by atoms with Crippen LogP contribution in [0.3, 0.4) is 0 Å². The van der Waals surface area contributed by atoms with Crippen LogP contribution in [0.25, 0.3) is 11.0 Å². The Morgan fingerprint density at radius 2 is 1.97 bits per heavy atom. The number of ether oxygens (including phenoxy) is 1. The van der Waals surface area contributed by atoms with Gasteiger partial charge >= 0.3 is 6.18 Å². The summed E-state index contributed by atoms with van der Waals surface area (Å²) in [6.45, 7) is 5.98. The van der Waals surface area contributed by atoms with Crippen LogP contribution in [0.1, 0.15) is 5.56 Å². The number of hydrogen-bond acceptors (Lipinski definition) is 10. The van der Waals surface area contributed by atoms with Crippen LogP contribution in [0.2, 0.25) is 0 Å². The molecule has 0 amide bonds. The maximum Gasteiger partial charge on any atom is 0.420 e. The molecule has 3 aliphatic heterocycles. The van der Waals surface area contributed by atoms with Gasteiger partial charge in [0.2, 0.25) is 12.3 Å². The minimum absolute atomic E-state index is 0.0739. The number of nitrogens with one attached hydrogen (secondary N) is 1. The fourth-order valence-electron chi connectivity index (χ4n) is 4.02. The van der Waals surface area contributed by atoms with Crippen LogP contribution in [-0.2, 0) is 9.57 Å². The summed E-state index contributed by atoms with van der Waals surface area (Å²) >= 11 is 0. The predicted molar refractivity (Wildman–Crippen MR) is 101 cm³/mol. The number of oxime groups is 1. The Labute approximate surface area is 174 Å². The van der Waals surface area contributed by atoms with Crippen molar-refractivity contribution in [1.29, 1.82) is 0 Å². The highest BCUT2D eigenvalue weighted by molar-refractivity contribution is 6.04. The number of hydrogen-bond donors (Lipinski definition) is 2. The van der Waals surface area contributed by atoms with Crippen molar-refractivity contribution in [2.45, 2.75) is 18.5 Å². The number of aromatic nitrogens is 2. The average Bonchev–Trinajstić information content (AvgIpc) is 3.38. The third-order valence-electron chi connectivity index (χ3n) is 5.69. The summed E-state index contributed by atoms with van der Waals surface area (Å²) in [5, 5.41) is 23.4. The molecule has 2 atom stereocenters. The third kappa shape index (κ3) is 4.00. The first-order valence-electron chi connectivity index (χ1n) is 9.95. The summed E-state index contributed by atoms with van der Waals surface area (Å²) in [5.74, 6) is 0.568. The molecule has 3 aliphatic rings. The Kier molecular flexibility index (Phi) is 5.10. The molecule has 10 nitrogen and oxygen atoms in total. The van der Waals surface area contributed by atoms with E-state index in [4.69, 9.17) is 14.2 Å². The third-order valence-corrected chi connectivity index (χ3v) is 5.69. The first-order chi connectivity index (χ1) is 14.9. The molecule has 13 heteroatoms. The van der Waals surface area contributed by atoms with Crippen molar-refractivity contribution in [2.75, 3.05) is 50.8 Å². The van der Waals surface area contributed by atoms with Gasteiger partial charge in [0.15, 0.2) is 11.4 Å². The molecular formula is C18H21F3N6O4. The summed E-state index contributed by atoms with van der Waals surface area (Å²) < 4.78 is 48.5. The molecule has 0 spiro atoms. The lowest BCUT2D eigenvalue weighted by molar-refractivity contribution is -0.236. The lowest BCUT2D eigenvalue weighted by Crippen LogP contribution is -2.53. The number of nitrogens with zero attached hydrogens (tertiary/aromatic N) is 5. The van der Waals surface area contributed by atoms with Crippen molar-refractivity contribution >= 4 is 22.6 Å². The van der Waals surface area contributed by atoms with Crippen LogP contribution < -0.4 is 10.2 Å². The number of aliphatic hydroxyl groups excluding tert-OH is 1. The highest BCUT2D eigenvalue weighted by Gasteiger charge is 2.47. The van der Waals surface area contributed by atoms with E-state index in [2.05, 4.69) is 30.6 Å². The Morgan fingerprint density at radius 3 is 2.71 bits per heavy atom. The minimum Gasteiger partial charge on any atom is -0.379 e. The monoisotopic (exact) mass is 442 g/mol. The first-order valence-corrected chi connectivity index (χ1v) is 9.95. The standard InChI is InChI=1S/C18H21F3N6O4/c19-18(20,21)15(28)17-22-16(25-30-17)11-5-12-14(24-31-23-12)13(6-11)27-8-10(9-27)7-26-1-3-29-4-2-26/h5-6,10,15,17,28H,1-4,7-9H2,(H,22,25). The van der Waals surface area contributed by atoms with Gasteiger partial charge in [-0.15, -0.1) is 0 Å². The number of alkyl halides is 3. The predicted octanol–water partition coefficient (Wildman–Crippen LogP) is 0.522. The van der Waals surface area contributed by atoms with Crippen molar-refractivity contribution < 1.29 is 32.5 Å². The fourth-order valence-corrected chi connectivity index (χ4v) is 4.02. The van der Waals surface area contributed by atoms with E-state index in [0.717, 1.165) is 51.6 Å². The normalized spacial score (nSPS) is 23.9. The summed E-state index contributed by atoms with van der Waals surface area (Å²) in [6, 6.07) is 3.35. The molecule has 1 aromatic carbocycles. The zero-order valence-corrected chi connectivity index (χ0v) is 16.4. The summed E-state index contributed by atoms with van der Waals surface area (Å²) in [7, 11) is 0. The summed E-state index contributed by atoms with van der Waals surface area (Å²) in [4.78, 5) is 9.27. The molecule has 0 saturated carbocycles. The molecule has 2 saturated heterocycles. The van der Waals surface area contributed by atoms with Gasteiger partial charge in [-0.3, -0.25) is 4.90 Å². The molecule has 5 rings (SSSR count). The molecule has 0 aliphatic carbocycles. The van der Waals surface area contributed by atoms with Gasteiger partial charge in [-0.1, -0.05) is 5.16 Å². The van der Waals surface area contributed by atoms with Crippen molar-refractivity contribution in [1.82, 2.24) is 20.5 Å². The second kappa shape index (κ2) is 7.80. The molecule has 2 unspecified atom stereocenters. The summed E-state index contributed by atoms with van der Waals surface area (Å²) in [6.07, 6.45) is -9.26. The van der Waals surface area contributed by atoms with Crippen LogP contribution in [0.4, 0.5) is 18.9 Å². The van der Waals surface area contributed by atoms with E-state index in [1.54, 1.807) is 12.1 Å². The van der Waals surface area contributed by atoms with E-state index in [-0.39, 0.29) is 5.84 Å². The van der Waals surface area contributed by atoms with Gasteiger partial charge in [-0.2, -0.15) is 13.2 Å². The van der Waals surface area contributed by atoms with E-state index in [9.17, 15) is 18.3 Å². The van der Waals surface area contributed by atoms with Crippen molar-refractivity contribution in [3.63, 3.8) is 0 Å². The van der Waals surface area contributed by atoms with Gasteiger partial charge in [0.1, 0.15) is 5.52 Å². The molecule has 0 bridgehead atoms. The molecular weight excluding hydrogens is 421 g/mol. The van der Waals surface area contributed by atoms with Crippen LogP contribution in [0.5, 0.6) is 0 Å². The van der Waals surface area contributed by atoms with E-state index < -0.39 is 18.5 Å². The van der Waals surface area contributed by atoms with Gasteiger partial charge in [-0.25, -0.2) is 4.63 Å². The van der Waals surface area contributed by atoms with Crippen molar-refractivity contribution in [3.05, 3.63) is 17.7 Å². The maximum atomic E-state index is 12.8. The summed E-state index contributed by atoms with van der Waals surface area (Å²) in [5.41, 5.74) is 2.25. The van der Waals surface area contributed by atoms with E-state index in [1.807, 2.05) is 0 Å². The lowest BCUT2D eigenvalue weighted by Gasteiger charge is -2.43. The minimum atomic E-state index is -4.83. The zero-order chi connectivity index (χ0) is 21.6. The van der Waals surface area contributed by atoms with E-state index in [0.29, 0.717) is 22.5 Å². The topological polar surface area (TPSA) is 108 Å². The highest BCUT2D eigenvalue weighted by atomic mass is 19.4. The molecule has 0 radical (unpaired) electrons. The second-order valence-electron chi connectivity index (χ2n) is 7.91. The highest BCUT2D eigenvalue weighted by Crippen LogP contribution is 2.33.